The first-order valence-corrected chi connectivity index (χ1v) is 8.49. The molecule has 2 aromatic carbocycles. The van der Waals surface area contributed by atoms with Crippen LogP contribution in [0, 0.1) is 0 Å². The van der Waals surface area contributed by atoms with Crippen molar-refractivity contribution in [2.24, 2.45) is 0 Å². The molecule has 0 spiro atoms. The molecule has 0 unspecified atom stereocenters. The highest BCUT2D eigenvalue weighted by Crippen LogP contribution is 2.40. The van der Waals surface area contributed by atoms with Crippen LogP contribution in [0.25, 0.3) is 0 Å². The summed E-state index contributed by atoms with van der Waals surface area (Å²) in [4.78, 5) is 11.5. The smallest absolute Gasteiger partial charge is 0.438 e. The van der Waals surface area contributed by atoms with Gasteiger partial charge in [0.05, 0.1) is 23.9 Å². The minimum absolute atomic E-state index is 0.182. The molecule has 2 aromatic rings. The molecule has 0 atom stereocenters. The summed E-state index contributed by atoms with van der Waals surface area (Å²) < 4.78 is 89.6. The van der Waals surface area contributed by atoms with E-state index in [0.717, 1.165) is 31.4 Å². The quantitative estimate of drug-likeness (QED) is 0.363. The van der Waals surface area contributed by atoms with Crippen LogP contribution in [-0.4, -0.2) is 18.4 Å². The van der Waals surface area contributed by atoms with Crippen LogP contribution >= 0.6 is 0 Å². The minimum Gasteiger partial charge on any atom is -0.488 e. The summed E-state index contributed by atoms with van der Waals surface area (Å²) in [6.45, 7) is 0.637. The van der Waals surface area contributed by atoms with Gasteiger partial charge in [0.25, 0.3) is 0 Å². The summed E-state index contributed by atoms with van der Waals surface area (Å²) in [5.41, 5.74) is -3.47. The van der Waals surface area contributed by atoms with Gasteiger partial charge in [-0.15, -0.1) is 0 Å². The number of carbonyl (C=O) groups is 1. The molecule has 0 fully saturated rings. The van der Waals surface area contributed by atoms with Crippen LogP contribution in [0.5, 0.6) is 5.75 Å². The number of hydroxylamine groups is 1. The maximum atomic E-state index is 13.4. The number of carbonyl (C=O) groups excluding carboxylic acids is 1. The van der Waals surface area contributed by atoms with E-state index in [1.54, 1.807) is 6.92 Å². The van der Waals surface area contributed by atoms with E-state index in [9.17, 15) is 36.3 Å². The van der Waals surface area contributed by atoms with Gasteiger partial charge >= 0.3 is 18.4 Å². The lowest BCUT2D eigenvalue weighted by molar-refractivity contribution is -0.140. The number of alkyl halides is 6. The Labute approximate surface area is 167 Å². The highest BCUT2D eigenvalue weighted by atomic mass is 19.4. The van der Waals surface area contributed by atoms with Crippen molar-refractivity contribution in [1.82, 2.24) is 0 Å². The molecule has 0 saturated heterocycles. The lowest BCUT2D eigenvalue weighted by Gasteiger charge is -2.22. The third-order valence-corrected chi connectivity index (χ3v) is 4.16. The molecule has 0 aliphatic heterocycles. The number of nitrogens with zero attached hydrogens (tertiary/aromatic N) is 1. The second kappa shape index (κ2) is 8.82. The van der Waals surface area contributed by atoms with Crippen LogP contribution in [-0.2, 0) is 30.1 Å². The molecule has 0 aliphatic carbocycles. The predicted molar refractivity (Wildman–Crippen MR) is 93.3 cm³/mol. The van der Waals surface area contributed by atoms with E-state index in [4.69, 9.17) is 4.74 Å². The highest BCUT2D eigenvalue weighted by molar-refractivity contribution is 5.86. The third kappa shape index (κ3) is 5.15. The lowest BCUT2D eigenvalue weighted by Crippen LogP contribution is -2.29. The van der Waals surface area contributed by atoms with Crippen LogP contribution < -0.4 is 9.80 Å². The standard InChI is InChI=1S/C19H17F6NO4/c1-3-11-7-8-16(14(9-11)19(23,24)25)30-10-12-13(18(20,21)22)5-4-6-15(12)26(28)17(27)29-2/h4-9,28H,3,10H2,1-2H3. The first-order chi connectivity index (χ1) is 13.9. The summed E-state index contributed by atoms with van der Waals surface area (Å²) in [6.07, 6.45) is -10.8. The monoisotopic (exact) mass is 437 g/mol. The molecule has 0 saturated carbocycles. The Morgan fingerprint density at radius 1 is 1.03 bits per heavy atom. The molecule has 30 heavy (non-hydrogen) atoms. The van der Waals surface area contributed by atoms with Gasteiger partial charge in [-0.1, -0.05) is 19.1 Å². The van der Waals surface area contributed by atoms with Crippen LogP contribution in [0.15, 0.2) is 36.4 Å². The number of aryl methyl sites for hydroxylation is 1. The molecule has 11 heteroatoms. The second-order valence-corrected chi connectivity index (χ2v) is 6.05. The number of amides is 1. The number of hydrogen-bond acceptors (Lipinski definition) is 4. The normalized spacial score (nSPS) is 11.9. The van der Waals surface area contributed by atoms with Crippen molar-refractivity contribution in [2.45, 2.75) is 32.3 Å². The predicted octanol–water partition coefficient (Wildman–Crippen LogP) is 5.83. The molecule has 0 radical (unpaired) electrons. The molecule has 164 valence electrons. The number of ether oxygens (including phenoxy) is 2. The maximum Gasteiger partial charge on any atom is 0.438 e. The highest BCUT2D eigenvalue weighted by Gasteiger charge is 2.37. The van der Waals surface area contributed by atoms with Crippen LogP contribution in [0.2, 0.25) is 0 Å². The molecule has 5 nitrogen and oxygen atoms in total. The maximum absolute atomic E-state index is 13.4. The zero-order chi connectivity index (χ0) is 22.7. The number of methoxy groups -OCH3 is 1. The van der Waals surface area contributed by atoms with Crippen LogP contribution in [0.1, 0.15) is 29.2 Å². The van der Waals surface area contributed by atoms with E-state index in [1.807, 2.05) is 0 Å². The minimum atomic E-state index is -4.93. The largest absolute Gasteiger partial charge is 0.488 e. The van der Waals surface area contributed by atoms with E-state index >= 15 is 0 Å². The fourth-order valence-electron chi connectivity index (χ4n) is 2.67. The fraction of sp³-hybridized carbons (Fsp3) is 0.316. The summed E-state index contributed by atoms with van der Waals surface area (Å²) in [6, 6.07) is 5.75. The van der Waals surface area contributed by atoms with E-state index < -0.39 is 53.2 Å². The van der Waals surface area contributed by atoms with Crippen molar-refractivity contribution in [3.05, 3.63) is 58.7 Å². The van der Waals surface area contributed by atoms with Gasteiger partial charge in [0.2, 0.25) is 0 Å². The Hall–Kier alpha value is -2.95. The average molecular weight is 437 g/mol. The lowest BCUT2D eigenvalue weighted by atomic mass is 10.0. The summed E-state index contributed by atoms with van der Waals surface area (Å²) in [5.74, 6) is -0.690. The Morgan fingerprint density at radius 3 is 2.20 bits per heavy atom. The molecule has 0 heterocycles. The first kappa shape index (κ1) is 23.3. The van der Waals surface area contributed by atoms with Gasteiger partial charge in [-0.05, 0) is 36.2 Å². The second-order valence-electron chi connectivity index (χ2n) is 6.05. The van der Waals surface area contributed by atoms with Crippen molar-refractivity contribution in [3.63, 3.8) is 0 Å². The van der Waals surface area contributed by atoms with Crippen LogP contribution in [0.3, 0.4) is 0 Å². The Morgan fingerprint density at radius 2 is 1.67 bits per heavy atom. The number of rotatable bonds is 5. The van der Waals surface area contributed by atoms with E-state index in [0.29, 0.717) is 18.1 Å². The number of halogens is 6. The van der Waals surface area contributed by atoms with Gasteiger partial charge in [-0.3, -0.25) is 5.21 Å². The van der Waals surface area contributed by atoms with Crippen LogP contribution in [0.4, 0.5) is 36.8 Å². The SMILES string of the molecule is CCc1ccc(OCc2c(N(O)C(=O)OC)cccc2C(F)(F)F)c(C(F)(F)F)c1. The van der Waals surface area contributed by atoms with Crippen molar-refractivity contribution in [3.8, 4) is 5.75 Å². The van der Waals surface area contributed by atoms with E-state index in [2.05, 4.69) is 4.74 Å². The molecular weight excluding hydrogens is 420 g/mol. The third-order valence-electron chi connectivity index (χ3n) is 4.16. The zero-order valence-corrected chi connectivity index (χ0v) is 15.8. The molecular formula is C19H17F6NO4. The van der Waals surface area contributed by atoms with E-state index in [-0.39, 0.29) is 5.06 Å². The molecule has 1 amide bonds. The summed E-state index contributed by atoms with van der Waals surface area (Å²) in [7, 11) is 0.889. The average Bonchev–Trinajstić information content (AvgIpc) is 2.69. The van der Waals surface area contributed by atoms with Gasteiger partial charge in [0.15, 0.2) is 0 Å². The Balaban J connectivity index is 2.52. The number of anilines is 1. The fourth-order valence-corrected chi connectivity index (χ4v) is 2.67. The topological polar surface area (TPSA) is 59.0 Å². The molecule has 0 aliphatic rings. The van der Waals surface area contributed by atoms with Gasteiger partial charge in [0, 0.05) is 5.56 Å². The number of hydrogen-bond donors (Lipinski definition) is 1. The molecule has 0 aromatic heterocycles. The van der Waals surface area contributed by atoms with Crippen molar-refractivity contribution in [2.75, 3.05) is 12.2 Å². The molecule has 1 N–H and O–H groups in total. The first-order valence-electron chi connectivity index (χ1n) is 8.49. The number of benzene rings is 2. The van der Waals surface area contributed by atoms with E-state index in [1.165, 1.54) is 6.07 Å². The van der Waals surface area contributed by atoms with Gasteiger partial charge in [0.1, 0.15) is 12.4 Å². The Bertz CT molecular complexity index is 911. The molecule has 0 bridgehead atoms. The Kier molecular flexibility index (Phi) is 6.86. The zero-order valence-electron chi connectivity index (χ0n) is 15.8. The molecule has 2 rings (SSSR count). The van der Waals surface area contributed by atoms with Gasteiger partial charge in [-0.25, -0.2) is 4.79 Å². The van der Waals surface area contributed by atoms with Crippen molar-refractivity contribution < 1.29 is 45.8 Å². The van der Waals surface area contributed by atoms with Crippen molar-refractivity contribution >= 4 is 11.8 Å². The van der Waals surface area contributed by atoms with Gasteiger partial charge in [-0.2, -0.15) is 31.4 Å². The summed E-state index contributed by atoms with van der Waals surface area (Å²) >= 11 is 0. The van der Waals surface area contributed by atoms with Gasteiger partial charge < -0.3 is 9.47 Å². The van der Waals surface area contributed by atoms with Crippen molar-refractivity contribution in [1.29, 1.82) is 0 Å². The summed E-state index contributed by atoms with van der Waals surface area (Å²) in [5, 5.41) is 9.68.